The van der Waals surface area contributed by atoms with Crippen LogP contribution in [0.1, 0.15) is 111 Å². The molecule has 0 aromatic rings. The summed E-state index contributed by atoms with van der Waals surface area (Å²) >= 11 is 0. The zero-order valence-corrected chi connectivity index (χ0v) is 31.6. The minimum Gasteiger partial charge on any atom is -0.294 e. The van der Waals surface area contributed by atoms with Crippen LogP contribution in [0.4, 0.5) is 0 Å². The fraction of sp³-hybridized carbons (Fsp3) is 0.500. The molecule has 0 heterocycles. The summed E-state index contributed by atoms with van der Waals surface area (Å²) in [5, 5.41) is 0. The second-order valence-corrected chi connectivity index (χ2v) is 13.4. The van der Waals surface area contributed by atoms with E-state index < -0.39 is 0 Å². The number of carbonyl (C=O) groups excluding carboxylic acids is 8. The third-order valence-electron chi connectivity index (χ3n) is 10.9. The number of hydrogen-bond acceptors (Lipinski definition) is 8. The van der Waals surface area contributed by atoms with E-state index in [1.165, 1.54) is 0 Å². The molecule has 260 valence electrons. The zero-order valence-electron chi connectivity index (χ0n) is 31.6. The molecule has 0 saturated carbocycles. The highest BCUT2D eigenvalue weighted by Crippen LogP contribution is 2.29. The molecular formula is C40H52O8. The molecule has 0 spiro atoms. The Bertz CT molecular complexity index is 1530. The van der Waals surface area contributed by atoms with Gasteiger partial charge in [-0.25, -0.2) is 0 Å². The molecule has 0 bridgehead atoms. The zero-order chi connectivity index (χ0) is 37.9. The van der Waals surface area contributed by atoms with Crippen molar-refractivity contribution >= 4 is 46.3 Å². The predicted octanol–water partition coefficient (Wildman–Crippen LogP) is 7.12. The molecule has 0 aliphatic heterocycles. The maximum absolute atomic E-state index is 11.5. The summed E-state index contributed by atoms with van der Waals surface area (Å²) in [6.45, 7) is 28.5. The Kier molecular flexibility index (Phi) is 14.2. The van der Waals surface area contributed by atoms with Crippen molar-refractivity contribution in [2.45, 2.75) is 111 Å². The van der Waals surface area contributed by atoms with E-state index >= 15 is 0 Å². The summed E-state index contributed by atoms with van der Waals surface area (Å²) in [5.41, 5.74) is 8.81. The van der Waals surface area contributed by atoms with Crippen LogP contribution in [-0.4, -0.2) is 46.3 Å². The number of ketones is 8. The maximum Gasteiger partial charge on any atom is 0.229 e. The van der Waals surface area contributed by atoms with E-state index in [0.717, 1.165) is 22.3 Å². The maximum atomic E-state index is 11.5. The number of Topliss-reactive ketones (excluding diaryl/α,β-unsaturated/α-hetero) is 8. The molecule has 0 fully saturated rings. The second kappa shape index (κ2) is 16.3. The van der Waals surface area contributed by atoms with Gasteiger partial charge in [0.15, 0.2) is 23.1 Å². The Labute approximate surface area is 285 Å². The molecule has 0 saturated heterocycles. The van der Waals surface area contributed by atoms with Crippen molar-refractivity contribution in [2.24, 2.45) is 23.7 Å². The van der Waals surface area contributed by atoms with E-state index in [1.807, 2.05) is 41.5 Å². The highest BCUT2D eigenvalue weighted by Gasteiger charge is 2.35. The first-order valence-corrected chi connectivity index (χ1v) is 16.3. The minimum absolute atomic E-state index is 0.00426. The van der Waals surface area contributed by atoms with Crippen LogP contribution in [0.2, 0.25) is 0 Å². The van der Waals surface area contributed by atoms with Crippen LogP contribution < -0.4 is 0 Å². The van der Waals surface area contributed by atoms with E-state index in [-0.39, 0.29) is 69.9 Å². The Hall–Kier alpha value is -4.20. The highest BCUT2D eigenvalue weighted by atomic mass is 16.2. The molecule has 0 aromatic carbocycles. The van der Waals surface area contributed by atoms with Gasteiger partial charge in [0.2, 0.25) is 23.1 Å². The smallest absolute Gasteiger partial charge is 0.229 e. The normalized spacial score (nSPS) is 25.3. The van der Waals surface area contributed by atoms with Gasteiger partial charge in [-0.15, -0.1) is 0 Å². The van der Waals surface area contributed by atoms with Crippen LogP contribution in [-0.2, 0) is 38.4 Å². The molecular weight excluding hydrogens is 608 g/mol. The molecule has 48 heavy (non-hydrogen) atoms. The molecule has 4 rings (SSSR count). The standard InChI is InChI=1S/C10H14O2.C10H12O2.C10H14O2.C10H12O2/c2*1-5-6(2)10(12)8(4)7(3)9(5)11;2*1-5-6(2)8(4)10(12)9(11)7(5)3/h5-6H,1-4H3;1-4H3;7-8H,1-4H3;1-4H3. The largest absolute Gasteiger partial charge is 0.294 e. The summed E-state index contributed by atoms with van der Waals surface area (Å²) in [7, 11) is 0. The Morgan fingerprint density at radius 1 is 0.271 bits per heavy atom. The topological polar surface area (TPSA) is 137 Å². The number of rotatable bonds is 0. The third-order valence-corrected chi connectivity index (χ3v) is 10.9. The lowest BCUT2D eigenvalue weighted by Crippen LogP contribution is -2.33. The Morgan fingerprint density at radius 2 is 0.479 bits per heavy atom. The molecule has 4 atom stereocenters. The molecule has 0 N–H and O–H groups in total. The number of allylic oxidation sites excluding steroid dienone is 12. The van der Waals surface area contributed by atoms with Gasteiger partial charge in [-0.2, -0.15) is 0 Å². The molecule has 4 aliphatic carbocycles. The first-order valence-electron chi connectivity index (χ1n) is 16.3. The van der Waals surface area contributed by atoms with Gasteiger partial charge in [0.1, 0.15) is 0 Å². The van der Waals surface area contributed by atoms with Crippen molar-refractivity contribution in [3.8, 4) is 0 Å². The quantitative estimate of drug-likeness (QED) is 0.116. The summed E-state index contributed by atoms with van der Waals surface area (Å²) < 4.78 is 0. The van der Waals surface area contributed by atoms with Gasteiger partial charge in [-0.1, -0.05) is 38.8 Å². The lowest BCUT2D eigenvalue weighted by Gasteiger charge is -2.24. The van der Waals surface area contributed by atoms with Crippen molar-refractivity contribution < 1.29 is 38.4 Å². The van der Waals surface area contributed by atoms with Crippen LogP contribution >= 0.6 is 0 Å². The summed E-state index contributed by atoms with van der Waals surface area (Å²) in [4.78, 5) is 90.9. The molecule has 8 heteroatoms. The summed E-state index contributed by atoms with van der Waals surface area (Å²) in [5.74, 6) is -1.58. The average molecular weight is 661 g/mol. The van der Waals surface area contributed by atoms with Gasteiger partial charge in [0, 0.05) is 57.1 Å². The van der Waals surface area contributed by atoms with Crippen molar-refractivity contribution in [3.05, 3.63) is 66.9 Å². The first-order chi connectivity index (χ1) is 21.9. The number of carbonyl (C=O) groups is 8. The highest BCUT2D eigenvalue weighted by molar-refractivity contribution is 6.50. The minimum atomic E-state index is -0.351. The fourth-order valence-corrected chi connectivity index (χ4v) is 5.50. The fourth-order valence-electron chi connectivity index (χ4n) is 5.50. The van der Waals surface area contributed by atoms with E-state index in [4.69, 9.17) is 0 Å². The lowest BCUT2D eigenvalue weighted by atomic mass is 9.77. The molecule has 4 aliphatic rings. The van der Waals surface area contributed by atoms with Crippen LogP contribution in [0.25, 0.3) is 0 Å². The first kappa shape index (κ1) is 41.8. The third kappa shape index (κ3) is 8.26. The van der Waals surface area contributed by atoms with E-state index in [9.17, 15) is 38.4 Å². The van der Waals surface area contributed by atoms with Crippen molar-refractivity contribution in [1.82, 2.24) is 0 Å². The van der Waals surface area contributed by atoms with Crippen LogP contribution in [0, 0.1) is 23.7 Å². The van der Waals surface area contributed by atoms with Crippen LogP contribution in [0.5, 0.6) is 0 Å². The van der Waals surface area contributed by atoms with Gasteiger partial charge in [-0.3, -0.25) is 38.4 Å². The molecule has 0 radical (unpaired) electrons. The molecule has 0 aromatic heterocycles. The molecule has 4 unspecified atom stereocenters. The van der Waals surface area contributed by atoms with E-state index in [1.54, 1.807) is 69.2 Å². The summed E-state index contributed by atoms with van der Waals surface area (Å²) in [6, 6.07) is 0. The summed E-state index contributed by atoms with van der Waals surface area (Å²) in [6.07, 6.45) is 0. The van der Waals surface area contributed by atoms with Crippen molar-refractivity contribution in [1.29, 1.82) is 0 Å². The van der Waals surface area contributed by atoms with Gasteiger partial charge < -0.3 is 0 Å². The van der Waals surface area contributed by atoms with E-state index in [2.05, 4.69) is 0 Å². The molecule has 8 nitrogen and oxygen atoms in total. The van der Waals surface area contributed by atoms with Gasteiger partial charge in [-0.05, 0) is 105 Å². The van der Waals surface area contributed by atoms with Crippen molar-refractivity contribution in [3.63, 3.8) is 0 Å². The van der Waals surface area contributed by atoms with E-state index in [0.29, 0.717) is 44.6 Å². The SMILES string of the molecule is CC1=C(C)C(=O)C(C)=C(C)C1=O.CC1=C(C)C(=O)C(C)C(C)C1=O.CC1=C(C)C(C)=C(C)C(=O)C1=O.CC1=C(C)C(C)C(=O)C(=O)C1C. The molecule has 0 amide bonds. The average Bonchev–Trinajstić information content (AvgIpc) is 3.08. The van der Waals surface area contributed by atoms with Gasteiger partial charge >= 0.3 is 0 Å². The van der Waals surface area contributed by atoms with Crippen LogP contribution in [0.3, 0.4) is 0 Å². The number of hydrogen-bond donors (Lipinski definition) is 0. The van der Waals surface area contributed by atoms with Crippen molar-refractivity contribution in [2.75, 3.05) is 0 Å². The Balaban J connectivity index is 0.000000320. The van der Waals surface area contributed by atoms with Crippen LogP contribution in [0.15, 0.2) is 66.9 Å². The Morgan fingerprint density at radius 3 is 0.708 bits per heavy atom. The monoisotopic (exact) mass is 660 g/mol. The second-order valence-electron chi connectivity index (χ2n) is 13.4. The lowest BCUT2D eigenvalue weighted by molar-refractivity contribution is -0.140. The van der Waals surface area contributed by atoms with Gasteiger partial charge in [0.05, 0.1) is 0 Å². The predicted molar refractivity (Wildman–Crippen MR) is 187 cm³/mol. The van der Waals surface area contributed by atoms with Gasteiger partial charge in [0.25, 0.3) is 0 Å².